The number of benzene rings is 1. The average Bonchev–Trinajstić information content (AvgIpc) is 2.41. The zero-order valence-corrected chi connectivity index (χ0v) is 9.79. The summed E-state index contributed by atoms with van der Waals surface area (Å²) < 4.78 is 10.1. The van der Waals surface area contributed by atoms with E-state index in [1.54, 1.807) is 30.3 Å². The summed E-state index contributed by atoms with van der Waals surface area (Å²) in [7, 11) is 1.32. The highest BCUT2D eigenvalue weighted by Crippen LogP contribution is 2.22. The van der Waals surface area contributed by atoms with E-state index in [4.69, 9.17) is 10.5 Å². The molecule has 0 aliphatic heterocycles. The van der Waals surface area contributed by atoms with Gasteiger partial charge in [0.2, 0.25) is 0 Å². The van der Waals surface area contributed by atoms with E-state index < -0.39 is 5.97 Å². The molecule has 0 amide bonds. The smallest absolute Gasteiger partial charge is 0.339 e. The lowest BCUT2D eigenvalue weighted by molar-refractivity contribution is 0.0600. The van der Waals surface area contributed by atoms with Crippen molar-refractivity contribution < 1.29 is 14.3 Å². The van der Waals surface area contributed by atoms with Crippen molar-refractivity contribution in [2.75, 3.05) is 12.8 Å². The molecule has 0 saturated carbocycles. The van der Waals surface area contributed by atoms with Crippen molar-refractivity contribution in [1.29, 1.82) is 0 Å². The molecule has 18 heavy (non-hydrogen) atoms. The maximum atomic E-state index is 11.3. The fraction of sp³-hybridized carbons (Fsp3) is 0.0769. The number of hydrogen-bond acceptors (Lipinski definition) is 5. The lowest BCUT2D eigenvalue weighted by atomic mass is 10.3. The van der Waals surface area contributed by atoms with Gasteiger partial charge in [-0.1, -0.05) is 0 Å². The van der Waals surface area contributed by atoms with E-state index in [0.717, 1.165) is 0 Å². The number of anilines is 1. The summed E-state index contributed by atoms with van der Waals surface area (Å²) in [4.78, 5) is 15.2. The summed E-state index contributed by atoms with van der Waals surface area (Å²) in [5, 5.41) is 0. The molecule has 0 radical (unpaired) electrons. The summed E-state index contributed by atoms with van der Waals surface area (Å²) in [6.45, 7) is 0. The quantitative estimate of drug-likeness (QED) is 0.662. The zero-order valence-electron chi connectivity index (χ0n) is 9.79. The summed E-state index contributed by atoms with van der Waals surface area (Å²) in [5.41, 5.74) is 6.57. The van der Waals surface area contributed by atoms with Crippen molar-refractivity contribution in [3.05, 3.63) is 48.3 Å². The van der Waals surface area contributed by atoms with Gasteiger partial charge in [-0.15, -0.1) is 0 Å². The van der Waals surface area contributed by atoms with Gasteiger partial charge in [0.1, 0.15) is 11.5 Å². The van der Waals surface area contributed by atoms with Crippen LogP contribution in [-0.4, -0.2) is 18.1 Å². The molecule has 0 aliphatic rings. The minimum Gasteiger partial charge on any atom is -0.465 e. The van der Waals surface area contributed by atoms with Gasteiger partial charge >= 0.3 is 5.97 Å². The Balaban J connectivity index is 2.19. The van der Waals surface area contributed by atoms with Gasteiger partial charge in [0.05, 0.1) is 18.9 Å². The monoisotopic (exact) mass is 244 g/mol. The highest BCUT2D eigenvalue weighted by Gasteiger charge is 2.07. The molecule has 1 heterocycles. The number of carbonyl (C=O) groups is 1. The van der Waals surface area contributed by atoms with E-state index in [9.17, 15) is 4.79 Å². The van der Waals surface area contributed by atoms with Crippen LogP contribution in [0.5, 0.6) is 11.5 Å². The van der Waals surface area contributed by atoms with Crippen molar-refractivity contribution in [3.63, 3.8) is 0 Å². The van der Waals surface area contributed by atoms with E-state index in [-0.39, 0.29) is 0 Å². The molecule has 0 fully saturated rings. The SMILES string of the molecule is COC(=O)c1cncc(Oc2ccc(N)cc2)c1. The third-order valence-corrected chi connectivity index (χ3v) is 2.25. The highest BCUT2D eigenvalue weighted by atomic mass is 16.5. The van der Waals surface area contributed by atoms with Gasteiger partial charge in [0.25, 0.3) is 0 Å². The number of aromatic nitrogens is 1. The van der Waals surface area contributed by atoms with E-state index in [1.807, 2.05) is 0 Å². The van der Waals surface area contributed by atoms with Crippen LogP contribution in [0.15, 0.2) is 42.7 Å². The molecule has 5 heteroatoms. The van der Waals surface area contributed by atoms with Crippen LogP contribution in [0.25, 0.3) is 0 Å². The van der Waals surface area contributed by atoms with Gasteiger partial charge in [0.15, 0.2) is 0 Å². The van der Waals surface area contributed by atoms with Gasteiger partial charge in [-0.25, -0.2) is 4.79 Å². The lowest BCUT2D eigenvalue weighted by Gasteiger charge is -2.06. The third kappa shape index (κ3) is 2.76. The van der Waals surface area contributed by atoms with Crippen LogP contribution in [0.3, 0.4) is 0 Å². The van der Waals surface area contributed by atoms with E-state index in [1.165, 1.54) is 19.5 Å². The minimum absolute atomic E-state index is 0.338. The van der Waals surface area contributed by atoms with Crippen molar-refractivity contribution in [1.82, 2.24) is 4.98 Å². The summed E-state index contributed by atoms with van der Waals surface area (Å²) >= 11 is 0. The highest BCUT2D eigenvalue weighted by molar-refractivity contribution is 5.89. The van der Waals surface area contributed by atoms with Crippen LogP contribution in [0.4, 0.5) is 5.69 Å². The fourth-order valence-corrected chi connectivity index (χ4v) is 1.38. The second-order valence-corrected chi connectivity index (χ2v) is 3.57. The van der Waals surface area contributed by atoms with E-state index >= 15 is 0 Å². The number of hydrogen-bond donors (Lipinski definition) is 1. The number of rotatable bonds is 3. The van der Waals surface area contributed by atoms with Gasteiger partial charge in [-0.05, 0) is 30.3 Å². The number of nitrogens with two attached hydrogens (primary N) is 1. The minimum atomic E-state index is -0.453. The molecule has 2 N–H and O–H groups in total. The molecule has 2 aromatic rings. The van der Waals surface area contributed by atoms with Gasteiger partial charge in [-0.2, -0.15) is 0 Å². The predicted molar refractivity (Wildman–Crippen MR) is 66.5 cm³/mol. The Kier molecular flexibility index (Phi) is 3.43. The van der Waals surface area contributed by atoms with Crippen LogP contribution in [0.1, 0.15) is 10.4 Å². The maximum absolute atomic E-state index is 11.3. The molecule has 0 atom stereocenters. The first-order valence-electron chi connectivity index (χ1n) is 5.26. The van der Waals surface area contributed by atoms with Crippen LogP contribution in [0.2, 0.25) is 0 Å². The average molecular weight is 244 g/mol. The Morgan fingerprint density at radius 3 is 2.56 bits per heavy atom. The van der Waals surface area contributed by atoms with Crippen molar-refractivity contribution in [3.8, 4) is 11.5 Å². The normalized spacial score (nSPS) is 9.83. The van der Waals surface area contributed by atoms with Crippen LogP contribution < -0.4 is 10.5 Å². The molecule has 1 aromatic heterocycles. The van der Waals surface area contributed by atoms with Crippen LogP contribution in [-0.2, 0) is 4.74 Å². The third-order valence-electron chi connectivity index (χ3n) is 2.25. The molecule has 0 spiro atoms. The summed E-state index contributed by atoms with van der Waals surface area (Å²) in [6, 6.07) is 8.50. The molecule has 5 nitrogen and oxygen atoms in total. The molecule has 1 aromatic carbocycles. The van der Waals surface area contributed by atoms with Crippen molar-refractivity contribution >= 4 is 11.7 Å². The number of carbonyl (C=O) groups excluding carboxylic acids is 1. The first-order chi connectivity index (χ1) is 8.69. The molecule has 0 unspecified atom stereocenters. The fourth-order valence-electron chi connectivity index (χ4n) is 1.38. The largest absolute Gasteiger partial charge is 0.465 e. The number of nitrogen functional groups attached to an aromatic ring is 1. The Labute approximate surface area is 104 Å². The molecule has 2 rings (SSSR count). The Morgan fingerprint density at radius 2 is 1.89 bits per heavy atom. The topological polar surface area (TPSA) is 74.4 Å². The van der Waals surface area contributed by atoms with Crippen LogP contribution in [0, 0.1) is 0 Å². The Morgan fingerprint density at radius 1 is 1.17 bits per heavy atom. The first kappa shape index (κ1) is 11.9. The summed E-state index contributed by atoms with van der Waals surface area (Å²) in [6.07, 6.45) is 2.93. The number of ether oxygens (including phenoxy) is 2. The number of methoxy groups -OCH3 is 1. The van der Waals surface area contributed by atoms with Gasteiger partial charge in [0, 0.05) is 11.9 Å². The number of pyridine rings is 1. The second kappa shape index (κ2) is 5.18. The van der Waals surface area contributed by atoms with Gasteiger partial charge < -0.3 is 15.2 Å². The van der Waals surface area contributed by atoms with Crippen molar-refractivity contribution in [2.45, 2.75) is 0 Å². The molecular weight excluding hydrogens is 232 g/mol. The van der Waals surface area contributed by atoms with Crippen molar-refractivity contribution in [2.24, 2.45) is 0 Å². The summed E-state index contributed by atoms with van der Waals surface area (Å²) in [5.74, 6) is 0.626. The standard InChI is InChI=1S/C13H12N2O3/c1-17-13(16)9-6-12(8-15-7-9)18-11-4-2-10(14)3-5-11/h2-8H,14H2,1H3. The lowest BCUT2D eigenvalue weighted by Crippen LogP contribution is -2.01. The molecular formula is C13H12N2O3. The van der Waals surface area contributed by atoms with Gasteiger partial charge in [-0.3, -0.25) is 4.98 Å². The maximum Gasteiger partial charge on any atom is 0.339 e. The van der Waals surface area contributed by atoms with Crippen LogP contribution >= 0.6 is 0 Å². The van der Waals surface area contributed by atoms with E-state index in [0.29, 0.717) is 22.7 Å². The Hall–Kier alpha value is -2.56. The van der Waals surface area contributed by atoms with E-state index in [2.05, 4.69) is 9.72 Å². The molecule has 0 saturated heterocycles. The number of esters is 1. The molecule has 0 bridgehead atoms. The second-order valence-electron chi connectivity index (χ2n) is 3.57. The predicted octanol–water partition coefficient (Wildman–Crippen LogP) is 2.24. The Bertz CT molecular complexity index is 552. The first-order valence-corrected chi connectivity index (χ1v) is 5.26. The zero-order chi connectivity index (χ0) is 13.0. The molecule has 92 valence electrons. The molecule has 0 aliphatic carbocycles. The number of nitrogens with zero attached hydrogens (tertiary/aromatic N) is 1.